The highest BCUT2D eigenvalue weighted by Gasteiger charge is 2.43. The van der Waals surface area contributed by atoms with Crippen molar-refractivity contribution in [1.29, 1.82) is 0 Å². The minimum Gasteiger partial charge on any atom is -0.472 e. The Kier molecular flexibility index (Phi) is 5.22. The summed E-state index contributed by atoms with van der Waals surface area (Å²) in [4.78, 5) is 2.50. The Bertz CT molecular complexity index is 489. The third-order valence-corrected chi connectivity index (χ3v) is 5.84. The van der Waals surface area contributed by atoms with Crippen LogP contribution in [0, 0.1) is 5.92 Å². The zero-order chi connectivity index (χ0) is 16.2. The van der Waals surface area contributed by atoms with Gasteiger partial charge in [0.05, 0.1) is 37.4 Å². The van der Waals surface area contributed by atoms with Gasteiger partial charge in [-0.25, -0.2) is 0 Å². The Hall–Kier alpha value is -0.880. The maximum Gasteiger partial charge on any atom is 0.0947 e. The average molecular weight is 335 g/mol. The van der Waals surface area contributed by atoms with Gasteiger partial charge in [0, 0.05) is 44.8 Å². The van der Waals surface area contributed by atoms with E-state index in [1.807, 2.05) is 6.26 Å². The lowest BCUT2D eigenvalue weighted by molar-refractivity contribution is -0.0479. The molecule has 1 aromatic heterocycles. The predicted molar refractivity (Wildman–Crippen MR) is 89.8 cm³/mol. The first-order valence-corrected chi connectivity index (χ1v) is 9.38. The van der Waals surface area contributed by atoms with Gasteiger partial charge in [-0.3, -0.25) is 4.90 Å². The molecule has 3 aliphatic heterocycles. The molecule has 0 aromatic carbocycles. The van der Waals surface area contributed by atoms with Crippen molar-refractivity contribution in [1.82, 2.24) is 4.90 Å². The first kappa shape index (κ1) is 16.6. The number of piperidine rings is 1. The molecule has 1 atom stereocenters. The molecule has 5 heteroatoms. The first-order chi connectivity index (χ1) is 11.8. The molecule has 1 spiro atoms. The van der Waals surface area contributed by atoms with E-state index < -0.39 is 0 Å². The summed E-state index contributed by atoms with van der Waals surface area (Å²) >= 11 is 0. The quantitative estimate of drug-likeness (QED) is 0.828. The molecule has 24 heavy (non-hydrogen) atoms. The van der Waals surface area contributed by atoms with Crippen LogP contribution in [0.4, 0.5) is 0 Å². The summed E-state index contributed by atoms with van der Waals surface area (Å²) < 4.78 is 23.0. The molecular formula is C19H29NO4. The van der Waals surface area contributed by atoms with Crippen LogP contribution >= 0.6 is 0 Å². The van der Waals surface area contributed by atoms with Gasteiger partial charge in [0.1, 0.15) is 0 Å². The monoisotopic (exact) mass is 335 g/mol. The molecule has 0 N–H and O–H groups in total. The van der Waals surface area contributed by atoms with Crippen molar-refractivity contribution in [3.8, 4) is 0 Å². The van der Waals surface area contributed by atoms with E-state index in [0.29, 0.717) is 5.92 Å². The van der Waals surface area contributed by atoms with E-state index in [4.69, 9.17) is 18.6 Å². The minimum absolute atomic E-state index is 0.0627. The number of ether oxygens (including phenoxy) is 3. The van der Waals surface area contributed by atoms with Gasteiger partial charge in [-0.15, -0.1) is 0 Å². The largest absolute Gasteiger partial charge is 0.472 e. The number of hydrogen-bond acceptors (Lipinski definition) is 5. The lowest BCUT2D eigenvalue weighted by Crippen LogP contribution is -2.43. The SMILES string of the molecule is c1cc(CN2CCC3(CC2)C[C@@H](OCC2CCOCC2)CO3)co1. The lowest BCUT2D eigenvalue weighted by atomic mass is 9.88. The normalized spacial score (nSPS) is 28.6. The van der Waals surface area contributed by atoms with E-state index in [2.05, 4.69) is 11.0 Å². The Morgan fingerprint density at radius 3 is 2.79 bits per heavy atom. The summed E-state index contributed by atoms with van der Waals surface area (Å²) in [7, 11) is 0. The smallest absolute Gasteiger partial charge is 0.0947 e. The fourth-order valence-electron chi connectivity index (χ4n) is 4.20. The standard InChI is InChI=1S/C19H29NO4/c1-8-21-9-2-16(1)14-23-18-11-19(24-15-18)4-6-20(7-5-19)12-17-3-10-22-13-17/h3,10,13,16,18H,1-2,4-9,11-12,14-15H2/t18-/m1/s1. The van der Waals surface area contributed by atoms with Crippen molar-refractivity contribution in [3.63, 3.8) is 0 Å². The molecular weight excluding hydrogens is 306 g/mol. The number of nitrogens with zero attached hydrogens (tertiary/aromatic N) is 1. The van der Waals surface area contributed by atoms with Gasteiger partial charge in [0.2, 0.25) is 0 Å². The van der Waals surface area contributed by atoms with E-state index in [1.165, 1.54) is 5.56 Å². The Morgan fingerprint density at radius 2 is 2.04 bits per heavy atom. The summed E-state index contributed by atoms with van der Waals surface area (Å²) in [5.74, 6) is 0.673. The van der Waals surface area contributed by atoms with Crippen molar-refractivity contribution in [2.45, 2.75) is 50.4 Å². The summed E-state index contributed by atoms with van der Waals surface area (Å²) in [6.07, 6.45) is 9.45. The second-order valence-electron chi connectivity index (χ2n) is 7.62. The Morgan fingerprint density at radius 1 is 1.21 bits per heavy atom. The van der Waals surface area contributed by atoms with E-state index in [0.717, 1.165) is 78.2 Å². The van der Waals surface area contributed by atoms with Crippen molar-refractivity contribution < 1.29 is 18.6 Å². The number of likely N-dealkylation sites (tertiary alicyclic amines) is 1. The zero-order valence-electron chi connectivity index (χ0n) is 14.5. The third-order valence-electron chi connectivity index (χ3n) is 5.84. The van der Waals surface area contributed by atoms with E-state index in [9.17, 15) is 0 Å². The summed E-state index contributed by atoms with van der Waals surface area (Å²) in [5.41, 5.74) is 1.32. The maximum atomic E-state index is 6.22. The summed E-state index contributed by atoms with van der Waals surface area (Å²) in [6, 6.07) is 2.05. The molecule has 3 fully saturated rings. The zero-order valence-corrected chi connectivity index (χ0v) is 14.5. The van der Waals surface area contributed by atoms with Crippen LogP contribution in [0.25, 0.3) is 0 Å². The highest BCUT2D eigenvalue weighted by atomic mass is 16.6. The Balaban J connectivity index is 1.20. The maximum absolute atomic E-state index is 6.22. The van der Waals surface area contributed by atoms with Crippen LogP contribution in [-0.4, -0.2) is 56.1 Å². The summed E-state index contributed by atoms with van der Waals surface area (Å²) in [6.45, 7) is 6.61. The van der Waals surface area contributed by atoms with Gasteiger partial charge in [-0.2, -0.15) is 0 Å². The molecule has 0 radical (unpaired) electrons. The Labute approximate surface area is 144 Å². The highest BCUT2D eigenvalue weighted by molar-refractivity contribution is 5.05. The van der Waals surface area contributed by atoms with Crippen LogP contribution in [-0.2, 0) is 20.8 Å². The molecule has 3 aliphatic rings. The number of rotatable bonds is 5. The van der Waals surface area contributed by atoms with Gasteiger partial charge in [-0.1, -0.05) is 0 Å². The van der Waals surface area contributed by atoms with Gasteiger partial charge in [-0.05, 0) is 37.7 Å². The molecule has 3 saturated heterocycles. The van der Waals surface area contributed by atoms with Crippen molar-refractivity contribution >= 4 is 0 Å². The van der Waals surface area contributed by atoms with Gasteiger partial charge in [0.15, 0.2) is 0 Å². The number of furan rings is 1. The molecule has 5 nitrogen and oxygen atoms in total. The van der Waals surface area contributed by atoms with Crippen LogP contribution in [0.2, 0.25) is 0 Å². The first-order valence-electron chi connectivity index (χ1n) is 9.38. The number of hydrogen-bond donors (Lipinski definition) is 0. The van der Waals surface area contributed by atoms with Crippen molar-refractivity contribution in [2.75, 3.05) is 39.5 Å². The molecule has 1 aromatic rings. The van der Waals surface area contributed by atoms with Gasteiger partial charge in [0.25, 0.3) is 0 Å². The fourth-order valence-corrected chi connectivity index (χ4v) is 4.20. The predicted octanol–water partition coefficient (Wildman–Crippen LogP) is 2.85. The molecule has 0 saturated carbocycles. The average Bonchev–Trinajstić information content (AvgIpc) is 3.27. The molecule has 4 heterocycles. The second kappa shape index (κ2) is 7.56. The topological polar surface area (TPSA) is 44.1 Å². The molecule has 134 valence electrons. The van der Waals surface area contributed by atoms with Crippen LogP contribution in [0.5, 0.6) is 0 Å². The van der Waals surface area contributed by atoms with E-state index in [-0.39, 0.29) is 11.7 Å². The molecule has 0 unspecified atom stereocenters. The van der Waals surface area contributed by atoms with Crippen molar-refractivity contribution in [3.05, 3.63) is 24.2 Å². The molecule has 0 aliphatic carbocycles. The summed E-state index contributed by atoms with van der Waals surface area (Å²) in [5, 5.41) is 0. The second-order valence-corrected chi connectivity index (χ2v) is 7.62. The minimum atomic E-state index is 0.0627. The van der Waals surface area contributed by atoms with Gasteiger partial charge >= 0.3 is 0 Å². The fraction of sp³-hybridized carbons (Fsp3) is 0.789. The van der Waals surface area contributed by atoms with Crippen molar-refractivity contribution in [2.24, 2.45) is 5.92 Å². The van der Waals surface area contributed by atoms with Crippen LogP contribution in [0.1, 0.15) is 37.7 Å². The molecule has 0 bridgehead atoms. The lowest BCUT2D eigenvalue weighted by Gasteiger charge is -2.38. The van der Waals surface area contributed by atoms with Crippen LogP contribution in [0.15, 0.2) is 23.0 Å². The third kappa shape index (κ3) is 4.02. The van der Waals surface area contributed by atoms with E-state index >= 15 is 0 Å². The van der Waals surface area contributed by atoms with Crippen LogP contribution in [0.3, 0.4) is 0 Å². The van der Waals surface area contributed by atoms with E-state index in [1.54, 1.807) is 6.26 Å². The molecule has 4 rings (SSSR count). The highest BCUT2D eigenvalue weighted by Crippen LogP contribution is 2.37. The molecule has 0 amide bonds. The van der Waals surface area contributed by atoms with Gasteiger partial charge < -0.3 is 18.6 Å². The van der Waals surface area contributed by atoms with Crippen LogP contribution < -0.4 is 0 Å².